The van der Waals surface area contributed by atoms with Crippen molar-refractivity contribution in [2.75, 3.05) is 0 Å². The van der Waals surface area contributed by atoms with Crippen LogP contribution in [0.4, 0.5) is 0 Å². The van der Waals surface area contributed by atoms with Gasteiger partial charge < -0.3 is 0 Å². The first kappa shape index (κ1) is 45.3. The first-order chi connectivity index (χ1) is 28.8. The maximum Gasteiger partial charge on any atom is -0.0134 e. The van der Waals surface area contributed by atoms with Crippen LogP contribution in [0.1, 0.15) is 11.1 Å². The van der Waals surface area contributed by atoms with E-state index in [1.54, 1.807) is 0 Å². The topological polar surface area (TPSA) is 19.9 Å². The summed E-state index contributed by atoms with van der Waals surface area (Å²) in [4.78, 5) is 0. The second kappa shape index (κ2) is 28.1. The Kier molecular flexibility index (Phi) is 21.9. The molecule has 0 aromatic heterocycles. The van der Waals surface area contributed by atoms with Crippen molar-refractivity contribution >= 4 is 63.4 Å². The van der Waals surface area contributed by atoms with Crippen LogP contribution < -0.4 is 31.8 Å². The molecule has 0 aliphatic rings. The Balaban J connectivity index is 0.000000185. The van der Waals surface area contributed by atoms with E-state index in [0.717, 1.165) is 11.1 Å². The number of benzene rings is 8. The summed E-state index contributed by atoms with van der Waals surface area (Å²) in [6.45, 7) is 4.50. The molecule has 0 unspecified atom stereocenters. The molecule has 5 heteroatoms. The van der Waals surface area contributed by atoms with Crippen molar-refractivity contribution in [1.29, 1.82) is 0 Å². The Morgan fingerprint density at radius 1 is 0.379 bits per heavy atom. The number of rotatable bonds is 7. The summed E-state index contributed by atoms with van der Waals surface area (Å²) in [5, 5.41) is 8.39. The van der Waals surface area contributed by atoms with Crippen LogP contribution >= 0.6 is 25.5 Å². The number of hydrogen-bond donors (Lipinski definition) is 0. The van der Waals surface area contributed by atoms with Crippen molar-refractivity contribution in [3.8, 4) is 11.8 Å². The second-order valence-corrected chi connectivity index (χ2v) is 16.4. The van der Waals surface area contributed by atoms with Gasteiger partial charge in [0.15, 0.2) is 0 Å². The zero-order valence-corrected chi connectivity index (χ0v) is 36.0. The summed E-state index contributed by atoms with van der Waals surface area (Å²) < 4.78 is 7.50. The average Bonchev–Trinajstić information content (AvgIpc) is 3.33. The van der Waals surface area contributed by atoms with Crippen LogP contribution in [-0.4, -0.2) is 0 Å². The molecule has 0 fully saturated rings. The van der Waals surface area contributed by atoms with Crippen LogP contribution in [-0.2, 0) is 22.0 Å². The fourth-order valence-electron chi connectivity index (χ4n) is 5.66. The van der Waals surface area contributed by atoms with Gasteiger partial charge in [-0.25, -0.2) is 11.8 Å². The van der Waals surface area contributed by atoms with E-state index in [0.29, 0.717) is 0 Å². The molecule has 0 aliphatic heterocycles. The molecule has 0 spiro atoms. The van der Waals surface area contributed by atoms with E-state index in [9.17, 15) is 0 Å². The van der Waals surface area contributed by atoms with Gasteiger partial charge >= 0.3 is 38.3 Å². The van der Waals surface area contributed by atoms with Gasteiger partial charge in [-0.15, -0.1) is 23.8 Å². The molecule has 0 radical (unpaired) electrons. The minimum Gasteiger partial charge on any atom is -0.0622 e. The predicted octanol–water partition coefficient (Wildman–Crippen LogP) is 11.1. The molecule has 0 N–H and O–H groups in total. The third-order valence-corrected chi connectivity index (χ3v) is 13.1. The standard InChI is InChI=1S/2C18H15P.C16H11.CO.ClH.Ru/c2*1-4-10-16(11-5-1)19(17-12-6-2-7-13-17)18-14-8-3-9-15-18;1-3-9-15(10-4-1)13-7-8-14-16-11-5-2-6-12-16;1-2;;/h2*1-15H;1-6,9-13H;;1H;/q;;-1;;;+2/p-1. The molecule has 0 aliphatic carbocycles. The zero-order valence-electron chi connectivity index (χ0n) is 31.7. The molecule has 58 heavy (non-hydrogen) atoms. The molecule has 0 saturated carbocycles. The molecule has 0 heterocycles. The third-order valence-electron chi connectivity index (χ3n) is 8.18. The van der Waals surface area contributed by atoms with Gasteiger partial charge in [-0.3, -0.25) is 0 Å². The Bertz CT molecular complexity index is 2050. The summed E-state index contributed by atoms with van der Waals surface area (Å²) in [6, 6.07) is 84.6. The first-order valence-corrected chi connectivity index (χ1v) is 23.2. The van der Waals surface area contributed by atoms with Crippen LogP contribution in [0.3, 0.4) is 0 Å². The van der Waals surface area contributed by atoms with Gasteiger partial charge in [-0.2, -0.15) is 6.08 Å². The fourth-order valence-corrected chi connectivity index (χ4v) is 10.3. The quantitative estimate of drug-likeness (QED) is 0.0500. The third kappa shape index (κ3) is 15.5. The number of allylic oxidation sites excluding steroid dienone is 1. The average molecular weight is 892 g/mol. The van der Waals surface area contributed by atoms with Gasteiger partial charge in [0, 0.05) is 0 Å². The van der Waals surface area contributed by atoms with Crippen molar-refractivity contribution in [2.24, 2.45) is 0 Å². The van der Waals surface area contributed by atoms with E-state index >= 15 is 0 Å². The minimum atomic E-state index is -0.446. The van der Waals surface area contributed by atoms with Crippen molar-refractivity contribution < 1.29 is 22.0 Å². The maximum atomic E-state index is 7.50. The summed E-state index contributed by atoms with van der Waals surface area (Å²) in [6.07, 6.45) is 4.85. The summed E-state index contributed by atoms with van der Waals surface area (Å²) in [7, 11) is 3.68. The van der Waals surface area contributed by atoms with E-state index in [1.807, 2.05) is 84.1 Å². The Morgan fingerprint density at radius 3 is 0.862 bits per heavy atom. The van der Waals surface area contributed by atoms with Gasteiger partial charge in [0.05, 0.1) is 0 Å². The van der Waals surface area contributed by atoms with Gasteiger partial charge in [0.1, 0.15) is 0 Å². The van der Waals surface area contributed by atoms with Crippen LogP contribution in [0.15, 0.2) is 243 Å². The SMILES string of the molecule is C(#Cc1ccccc1)[C-]=Cc1ccccc1.[C-]#[O+].[Cl][Ru+].c1ccc(P(c2ccccc2)c2ccccc2)cc1.c1ccc(P(c2ccccc2)c2ccccc2)cc1. The van der Waals surface area contributed by atoms with Gasteiger partial charge in [0.25, 0.3) is 0 Å². The van der Waals surface area contributed by atoms with E-state index in [-0.39, 0.29) is 0 Å². The molecule has 0 amide bonds. The smallest absolute Gasteiger partial charge is 0.0134 e. The van der Waals surface area contributed by atoms with E-state index in [1.165, 1.54) is 31.8 Å². The Labute approximate surface area is 361 Å². The first-order valence-electron chi connectivity index (χ1n) is 18.3. The molecule has 8 aromatic carbocycles. The molecular formula is C53H41ClOP2Ru. The Hall–Kier alpha value is -5.43. The zero-order chi connectivity index (χ0) is 40.9. The van der Waals surface area contributed by atoms with E-state index in [2.05, 4.69) is 216 Å². The molecule has 284 valence electrons. The largest absolute Gasteiger partial charge is 0.0622 e. The van der Waals surface area contributed by atoms with E-state index in [4.69, 9.17) is 4.65 Å². The molecular weight excluding hydrogens is 851 g/mol. The monoisotopic (exact) mass is 892 g/mol. The molecule has 0 saturated heterocycles. The van der Waals surface area contributed by atoms with Crippen molar-refractivity contribution in [1.82, 2.24) is 0 Å². The molecule has 0 atom stereocenters. The normalized spacial score (nSPS) is 9.76. The second-order valence-electron chi connectivity index (χ2n) is 12.0. The van der Waals surface area contributed by atoms with Crippen molar-refractivity contribution in [3.63, 3.8) is 0 Å². The molecule has 8 aromatic rings. The predicted molar refractivity (Wildman–Crippen MR) is 248 cm³/mol. The van der Waals surface area contributed by atoms with Crippen LogP contribution in [0.2, 0.25) is 0 Å². The summed E-state index contributed by atoms with van der Waals surface area (Å²) in [5.41, 5.74) is 2.13. The van der Waals surface area contributed by atoms with Gasteiger partial charge in [0.2, 0.25) is 0 Å². The summed E-state index contributed by atoms with van der Waals surface area (Å²) in [5.74, 6) is 5.92. The molecule has 8 rings (SSSR count). The van der Waals surface area contributed by atoms with Gasteiger partial charge in [-0.05, 0) is 53.2 Å². The minimum absolute atomic E-state index is 0.446. The number of halogens is 1. The van der Waals surface area contributed by atoms with Crippen molar-refractivity contribution in [3.05, 3.63) is 267 Å². The van der Waals surface area contributed by atoms with Crippen LogP contribution in [0.25, 0.3) is 6.08 Å². The fraction of sp³-hybridized carbons (Fsp3) is 0. The van der Waals surface area contributed by atoms with Crippen molar-refractivity contribution in [2.45, 2.75) is 0 Å². The Morgan fingerprint density at radius 2 is 0.603 bits per heavy atom. The van der Waals surface area contributed by atoms with Gasteiger partial charge in [-0.1, -0.05) is 231 Å². The van der Waals surface area contributed by atoms with Crippen LogP contribution in [0.5, 0.6) is 0 Å². The van der Waals surface area contributed by atoms with E-state index < -0.39 is 15.8 Å². The summed E-state index contributed by atoms with van der Waals surface area (Å²) >= 11 is 1.82. The molecule has 0 bridgehead atoms. The maximum absolute atomic E-state index is 7.50. The molecule has 1 nitrogen and oxygen atoms in total. The van der Waals surface area contributed by atoms with Crippen LogP contribution in [0, 0.1) is 24.6 Å². The number of hydrogen-bond acceptors (Lipinski definition) is 0.